The van der Waals surface area contributed by atoms with Crippen molar-refractivity contribution in [1.29, 1.82) is 0 Å². The Morgan fingerprint density at radius 3 is 2.86 bits per heavy atom. The van der Waals surface area contributed by atoms with Gasteiger partial charge in [-0.2, -0.15) is 4.80 Å². The number of methoxy groups -OCH3 is 1. The Balaban J connectivity index is 2.55. The number of hydrogen-bond donors (Lipinski definition) is 0. The number of ether oxygens (including phenoxy) is 1. The first-order chi connectivity index (χ1) is 6.61. The van der Waals surface area contributed by atoms with Crippen LogP contribution < -0.4 is 0 Å². The van der Waals surface area contributed by atoms with E-state index in [9.17, 15) is 4.79 Å². The average Bonchev–Trinajstić information content (AvgIpc) is 2.51. The number of hydrogen-bond acceptors (Lipinski definition) is 5. The molecule has 0 aliphatic carbocycles. The first-order valence-corrected chi connectivity index (χ1v) is 4.45. The summed E-state index contributed by atoms with van der Waals surface area (Å²) >= 11 is 0. The third kappa shape index (κ3) is 3.12. The van der Waals surface area contributed by atoms with Gasteiger partial charge in [0, 0.05) is 6.42 Å². The fourth-order valence-corrected chi connectivity index (χ4v) is 0.970. The first kappa shape index (κ1) is 10.6. The van der Waals surface area contributed by atoms with E-state index >= 15 is 0 Å². The van der Waals surface area contributed by atoms with E-state index in [1.165, 1.54) is 11.9 Å². The summed E-state index contributed by atoms with van der Waals surface area (Å²) in [6.07, 6.45) is 0.765. The number of carbonyl (C=O) groups is 1. The number of aromatic nitrogens is 4. The van der Waals surface area contributed by atoms with Gasteiger partial charge in [-0.15, -0.1) is 10.2 Å². The van der Waals surface area contributed by atoms with Crippen molar-refractivity contribution in [1.82, 2.24) is 20.2 Å². The van der Waals surface area contributed by atoms with E-state index in [2.05, 4.69) is 34.0 Å². The molecule has 0 aliphatic rings. The van der Waals surface area contributed by atoms with E-state index in [-0.39, 0.29) is 12.5 Å². The minimum Gasteiger partial charge on any atom is -0.468 e. The van der Waals surface area contributed by atoms with Crippen molar-refractivity contribution in [3.8, 4) is 0 Å². The summed E-state index contributed by atoms with van der Waals surface area (Å²) < 4.78 is 4.48. The van der Waals surface area contributed by atoms with Gasteiger partial charge in [-0.3, -0.25) is 0 Å². The molecule has 0 spiro atoms. The predicted octanol–water partition coefficient (Wildman–Crippen LogP) is 0.0446. The Morgan fingerprint density at radius 1 is 1.57 bits per heavy atom. The molecule has 0 radical (unpaired) electrons. The zero-order chi connectivity index (χ0) is 10.6. The Kier molecular flexibility index (Phi) is 3.55. The molecule has 0 N–H and O–H groups in total. The molecule has 14 heavy (non-hydrogen) atoms. The first-order valence-electron chi connectivity index (χ1n) is 4.45. The monoisotopic (exact) mass is 198 g/mol. The third-order valence-corrected chi connectivity index (χ3v) is 1.58. The molecule has 0 unspecified atom stereocenters. The quantitative estimate of drug-likeness (QED) is 0.639. The van der Waals surface area contributed by atoms with Crippen LogP contribution in [0.15, 0.2) is 0 Å². The predicted molar refractivity (Wildman–Crippen MR) is 48.4 cm³/mol. The van der Waals surface area contributed by atoms with E-state index < -0.39 is 0 Å². The van der Waals surface area contributed by atoms with Gasteiger partial charge in [0.15, 0.2) is 12.4 Å². The molecule has 6 heteroatoms. The van der Waals surface area contributed by atoms with Crippen molar-refractivity contribution in [3.05, 3.63) is 5.82 Å². The van der Waals surface area contributed by atoms with Crippen LogP contribution in [0.5, 0.6) is 0 Å². The molecule has 0 bridgehead atoms. The second-order valence-corrected chi connectivity index (χ2v) is 3.41. The molecule has 0 saturated heterocycles. The summed E-state index contributed by atoms with van der Waals surface area (Å²) in [4.78, 5) is 12.1. The zero-order valence-electron chi connectivity index (χ0n) is 8.60. The number of carbonyl (C=O) groups excluding carboxylic acids is 1. The zero-order valence-corrected chi connectivity index (χ0v) is 8.60. The van der Waals surface area contributed by atoms with Gasteiger partial charge in [-0.05, 0) is 11.1 Å². The largest absolute Gasteiger partial charge is 0.468 e. The molecule has 1 aromatic rings. The molecular formula is C8H14N4O2. The van der Waals surface area contributed by atoms with Gasteiger partial charge in [-0.1, -0.05) is 13.8 Å². The van der Waals surface area contributed by atoms with Crippen LogP contribution in [0, 0.1) is 5.92 Å². The van der Waals surface area contributed by atoms with E-state index in [0.717, 1.165) is 6.42 Å². The van der Waals surface area contributed by atoms with Crippen molar-refractivity contribution < 1.29 is 9.53 Å². The van der Waals surface area contributed by atoms with E-state index in [1.807, 2.05) is 0 Å². The van der Waals surface area contributed by atoms with Crippen molar-refractivity contribution in [3.63, 3.8) is 0 Å². The van der Waals surface area contributed by atoms with Crippen molar-refractivity contribution in [2.24, 2.45) is 5.92 Å². The van der Waals surface area contributed by atoms with E-state index in [0.29, 0.717) is 11.7 Å². The van der Waals surface area contributed by atoms with E-state index in [4.69, 9.17) is 0 Å². The lowest BCUT2D eigenvalue weighted by Gasteiger charge is -1.97. The van der Waals surface area contributed by atoms with Crippen LogP contribution in [0.3, 0.4) is 0 Å². The molecule has 1 aromatic heterocycles. The normalized spacial score (nSPS) is 10.6. The van der Waals surface area contributed by atoms with Gasteiger partial charge in [-0.25, -0.2) is 4.79 Å². The second kappa shape index (κ2) is 4.69. The Hall–Kier alpha value is -1.46. The standard InChI is InChI=1S/C8H14N4O2/c1-6(2)4-7-9-11-12(10-7)5-8(13)14-3/h6H,4-5H2,1-3H3. The smallest absolute Gasteiger partial charge is 0.329 e. The summed E-state index contributed by atoms with van der Waals surface area (Å²) in [5.74, 6) is 0.758. The van der Waals surface area contributed by atoms with Crippen molar-refractivity contribution >= 4 is 5.97 Å². The molecule has 78 valence electrons. The molecular weight excluding hydrogens is 184 g/mol. The minimum absolute atomic E-state index is 0.0155. The lowest BCUT2D eigenvalue weighted by Crippen LogP contribution is -2.14. The molecule has 0 aliphatic heterocycles. The molecule has 1 heterocycles. The van der Waals surface area contributed by atoms with Crippen LogP contribution in [0.25, 0.3) is 0 Å². The van der Waals surface area contributed by atoms with Crippen LogP contribution in [0.2, 0.25) is 0 Å². The SMILES string of the molecule is COC(=O)Cn1nnc(CC(C)C)n1. The van der Waals surface area contributed by atoms with Gasteiger partial charge in [0.05, 0.1) is 7.11 Å². The van der Waals surface area contributed by atoms with Gasteiger partial charge >= 0.3 is 5.97 Å². The highest BCUT2D eigenvalue weighted by Gasteiger charge is 2.08. The highest BCUT2D eigenvalue weighted by atomic mass is 16.5. The number of esters is 1. The summed E-state index contributed by atoms with van der Waals surface area (Å²) in [6, 6.07) is 0. The molecule has 0 saturated carbocycles. The van der Waals surface area contributed by atoms with Gasteiger partial charge in [0.1, 0.15) is 0 Å². The topological polar surface area (TPSA) is 69.9 Å². The van der Waals surface area contributed by atoms with Crippen LogP contribution in [-0.4, -0.2) is 33.3 Å². The summed E-state index contributed by atoms with van der Waals surface area (Å²) in [6.45, 7) is 4.16. The molecule has 0 aromatic carbocycles. The highest BCUT2D eigenvalue weighted by molar-refractivity contribution is 5.68. The highest BCUT2D eigenvalue weighted by Crippen LogP contribution is 2.00. The average molecular weight is 198 g/mol. The van der Waals surface area contributed by atoms with Crippen LogP contribution in [0.4, 0.5) is 0 Å². The maximum Gasteiger partial charge on any atom is 0.329 e. The van der Waals surface area contributed by atoms with Gasteiger partial charge in [0.25, 0.3) is 0 Å². The van der Waals surface area contributed by atoms with Gasteiger partial charge < -0.3 is 4.74 Å². The molecule has 1 rings (SSSR count). The maximum absolute atomic E-state index is 10.9. The van der Waals surface area contributed by atoms with Crippen molar-refractivity contribution in [2.75, 3.05) is 7.11 Å². The fraction of sp³-hybridized carbons (Fsp3) is 0.750. The van der Waals surface area contributed by atoms with Crippen LogP contribution >= 0.6 is 0 Å². The Bertz CT molecular complexity index is 308. The summed E-state index contributed by atoms with van der Waals surface area (Å²) in [5.41, 5.74) is 0. The lowest BCUT2D eigenvalue weighted by atomic mass is 10.1. The van der Waals surface area contributed by atoms with Gasteiger partial charge in [0.2, 0.25) is 0 Å². The summed E-state index contributed by atoms with van der Waals surface area (Å²) in [7, 11) is 1.33. The Labute approximate surface area is 82.2 Å². The third-order valence-electron chi connectivity index (χ3n) is 1.58. The fourth-order valence-electron chi connectivity index (χ4n) is 0.970. The number of tetrazole rings is 1. The van der Waals surface area contributed by atoms with Crippen LogP contribution in [-0.2, 0) is 22.5 Å². The van der Waals surface area contributed by atoms with E-state index in [1.54, 1.807) is 0 Å². The molecule has 0 fully saturated rings. The molecule has 0 atom stereocenters. The van der Waals surface area contributed by atoms with Crippen molar-refractivity contribution in [2.45, 2.75) is 26.8 Å². The second-order valence-electron chi connectivity index (χ2n) is 3.41. The lowest BCUT2D eigenvalue weighted by molar-refractivity contribution is -0.141. The number of rotatable bonds is 4. The summed E-state index contributed by atoms with van der Waals surface area (Å²) in [5, 5.41) is 11.6. The Morgan fingerprint density at radius 2 is 2.29 bits per heavy atom. The molecule has 6 nitrogen and oxygen atoms in total. The van der Waals surface area contributed by atoms with Crippen LogP contribution in [0.1, 0.15) is 19.7 Å². The maximum atomic E-state index is 10.9. The minimum atomic E-state index is -0.376. The molecule has 0 amide bonds. The number of nitrogens with zero attached hydrogens (tertiary/aromatic N) is 4.